The molecule has 146 valence electrons. The molecule has 1 aliphatic rings. The zero-order valence-corrected chi connectivity index (χ0v) is 16.7. The van der Waals surface area contributed by atoms with Crippen LogP contribution in [0.1, 0.15) is 56.9 Å². The van der Waals surface area contributed by atoms with Crippen LogP contribution in [0.15, 0.2) is 28.7 Å². The van der Waals surface area contributed by atoms with Gasteiger partial charge in [-0.05, 0) is 36.0 Å². The van der Waals surface area contributed by atoms with Gasteiger partial charge in [0.15, 0.2) is 0 Å². The number of carbonyl (C=O) groups excluding carboxylic acids is 1. The highest BCUT2D eigenvalue weighted by Gasteiger charge is 2.29. The van der Waals surface area contributed by atoms with Gasteiger partial charge in [-0.15, -0.1) is 10.2 Å². The number of rotatable bonds is 5. The second kappa shape index (κ2) is 8.11. The van der Waals surface area contributed by atoms with E-state index >= 15 is 0 Å². The molecule has 1 aliphatic heterocycles. The summed E-state index contributed by atoms with van der Waals surface area (Å²) >= 11 is 0. The summed E-state index contributed by atoms with van der Waals surface area (Å²) < 4.78 is 11.1. The summed E-state index contributed by atoms with van der Waals surface area (Å²) in [6.07, 6.45) is 3.09. The van der Waals surface area contributed by atoms with Crippen LogP contribution in [0.5, 0.6) is 5.75 Å². The first-order valence-electron chi connectivity index (χ1n) is 9.57. The van der Waals surface area contributed by atoms with Crippen LogP contribution >= 0.6 is 0 Å². The number of hydrogen-bond donors (Lipinski definition) is 0. The molecule has 1 fully saturated rings. The van der Waals surface area contributed by atoms with Crippen LogP contribution in [0.25, 0.3) is 0 Å². The number of methoxy groups -OCH3 is 1. The minimum atomic E-state index is 0.108. The third kappa shape index (κ3) is 5.31. The minimum Gasteiger partial charge on any atom is -0.497 e. The predicted molar refractivity (Wildman–Crippen MR) is 103 cm³/mol. The van der Waals surface area contributed by atoms with E-state index in [9.17, 15) is 4.79 Å². The van der Waals surface area contributed by atoms with Crippen molar-refractivity contribution < 1.29 is 13.9 Å². The SMILES string of the molecule is COc1ccc(CC(=O)N2CCCC(c3nnc(CC(C)(C)C)o3)C2)cc1. The predicted octanol–water partition coefficient (Wildman–Crippen LogP) is 3.62. The lowest BCUT2D eigenvalue weighted by atomic mass is 9.92. The Morgan fingerprint density at radius 2 is 2.00 bits per heavy atom. The molecule has 1 saturated heterocycles. The monoisotopic (exact) mass is 371 g/mol. The summed E-state index contributed by atoms with van der Waals surface area (Å²) in [6.45, 7) is 7.88. The van der Waals surface area contributed by atoms with Gasteiger partial charge in [-0.3, -0.25) is 4.79 Å². The van der Waals surface area contributed by atoms with Gasteiger partial charge in [0.05, 0.1) is 19.4 Å². The molecule has 0 saturated carbocycles. The fourth-order valence-electron chi connectivity index (χ4n) is 3.39. The molecule has 1 aromatic carbocycles. The summed E-state index contributed by atoms with van der Waals surface area (Å²) in [4.78, 5) is 14.6. The molecule has 1 unspecified atom stereocenters. The van der Waals surface area contributed by atoms with Gasteiger partial charge >= 0.3 is 0 Å². The normalized spacial score (nSPS) is 17.8. The molecule has 1 atom stereocenters. The van der Waals surface area contributed by atoms with Gasteiger partial charge in [0.25, 0.3) is 0 Å². The van der Waals surface area contributed by atoms with Crippen molar-refractivity contribution in [2.45, 2.75) is 52.4 Å². The van der Waals surface area contributed by atoms with Gasteiger partial charge in [0.1, 0.15) is 5.75 Å². The first kappa shape index (κ1) is 19.4. The van der Waals surface area contributed by atoms with Crippen molar-refractivity contribution in [3.63, 3.8) is 0 Å². The van der Waals surface area contributed by atoms with Gasteiger partial charge in [-0.25, -0.2) is 0 Å². The molecular weight excluding hydrogens is 342 g/mol. The molecule has 0 N–H and O–H groups in total. The fraction of sp³-hybridized carbons (Fsp3) is 0.571. The van der Waals surface area contributed by atoms with E-state index in [0.29, 0.717) is 24.7 Å². The van der Waals surface area contributed by atoms with E-state index in [1.54, 1.807) is 7.11 Å². The third-order valence-electron chi connectivity index (χ3n) is 4.80. The summed E-state index contributed by atoms with van der Waals surface area (Å²) in [7, 11) is 1.64. The molecular formula is C21H29N3O3. The quantitative estimate of drug-likeness (QED) is 0.803. The van der Waals surface area contributed by atoms with Crippen LogP contribution < -0.4 is 4.74 Å². The zero-order valence-electron chi connectivity index (χ0n) is 16.7. The van der Waals surface area contributed by atoms with E-state index in [-0.39, 0.29) is 17.2 Å². The first-order chi connectivity index (χ1) is 12.8. The van der Waals surface area contributed by atoms with Crippen molar-refractivity contribution in [2.24, 2.45) is 5.41 Å². The van der Waals surface area contributed by atoms with Gasteiger partial charge in [0, 0.05) is 19.5 Å². The molecule has 0 aliphatic carbocycles. The third-order valence-corrected chi connectivity index (χ3v) is 4.80. The Morgan fingerprint density at radius 1 is 1.26 bits per heavy atom. The van der Waals surface area contributed by atoms with Gasteiger partial charge in [0.2, 0.25) is 17.7 Å². The molecule has 2 aromatic rings. The van der Waals surface area contributed by atoms with E-state index in [1.807, 2.05) is 29.2 Å². The molecule has 6 heteroatoms. The van der Waals surface area contributed by atoms with Gasteiger partial charge < -0.3 is 14.1 Å². The maximum absolute atomic E-state index is 12.7. The standard InChI is InChI=1S/C21H29N3O3/c1-21(2,3)13-18-22-23-20(27-18)16-6-5-11-24(14-16)19(25)12-15-7-9-17(26-4)10-8-15/h7-10,16H,5-6,11-14H2,1-4H3. The Bertz CT molecular complexity index is 762. The smallest absolute Gasteiger partial charge is 0.227 e. The molecule has 27 heavy (non-hydrogen) atoms. The molecule has 0 radical (unpaired) electrons. The lowest BCUT2D eigenvalue weighted by Crippen LogP contribution is -2.40. The lowest BCUT2D eigenvalue weighted by Gasteiger charge is -2.31. The van der Waals surface area contributed by atoms with Gasteiger partial charge in [-0.2, -0.15) is 0 Å². The number of hydrogen-bond acceptors (Lipinski definition) is 5. The number of nitrogens with zero attached hydrogens (tertiary/aromatic N) is 3. The van der Waals surface area contributed by atoms with E-state index in [2.05, 4.69) is 31.0 Å². The molecule has 1 aromatic heterocycles. The second-order valence-electron chi connectivity index (χ2n) is 8.48. The average Bonchev–Trinajstić information content (AvgIpc) is 3.09. The van der Waals surface area contributed by atoms with Crippen LogP contribution in [0.2, 0.25) is 0 Å². The summed E-state index contributed by atoms with van der Waals surface area (Å²) in [5.74, 6) is 2.40. The van der Waals surface area contributed by atoms with E-state index in [4.69, 9.17) is 9.15 Å². The zero-order chi connectivity index (χ0) is 19.4. The number of aromatic nitrogens is 2. The van der Waals surface area contributed by atoms with E-state index in [1.165, 1.54) is 0 Å². The second-order valence-corrected chi connectivity index (χ2v) is 8.48. The first-order valence-corrected chi connectivity index (χ1v) is 9.57. The fourth-order valence-corrected chi connectivity index (χ4v) is 3.39. The number of likely N-dealkylation sites (tertiary alicyclic amines) is 1. The largest absolute Gasteiger partial charge is 0.497 e. The van der Waals surface area contributed by atoms with Crippen molar-refractivity contribution in [3.8, 4) is 5.75 Å². The molecule has 6 nitrogen and oxygen atoms in total. The molecule has 1 amide bonds. The number of amides is 1. The highest BCUT2D eigenvalue weighted by molar-refractivity contribution is 5.79. The maximum Gasteiger partial charge on any atom is 0.227 e. The molecule has 0 bridgehead atoms. The number of piperidine rings is 1. The number of benzene rings is 1. The van der Waals surface area contributed by atoms with E-state index < -0.39 is 0 Å². The highest BCUT2D eigenvalue weighted by Crippen LogP contribution is 2.28. The summed E-state index contributed by atoms with van der Waals surface area (Å²) in [5.41, 5.74) is 1.10. The topological polar surface area (TPSA) is 68.5 Å². The lowest BCUT2D eigenvalue weighted by molar-refractivity contribution is -0.131. The van der Waals surface area contributed by atoms with Crippen LogP contribution in [-0.4, -0.2) is 41.2 Å². The van der Waals surface area contributed by atoms with Crippen LogP contribution in [-0.2, 0) is 17.6 Å². The number of carbonyl (C=O) groups is 1. The van der Waals surface area contributed by atoms with Crippen molar-refractivity contribution in [3.05, 3.63) is 41.6 Å². The summed E-state index contributed by atoms with van der Waals surface area (Å²) in [5, 5.41) is 8.45. The Kier molecular flexibility index (Phi) is 5.82. The molecule has 2 heterocycles. The van der Waals surface area contributed by atoms with Crippen molar-refractivity contribution >= 4 is 5.91 Å². The van der Waals surface area contributed by atoms with E-state index in [0.717, 1.165) is 37.1 Å². The summed E-state index contributed by atoms with van der Waals surface area (Å²) in [6, 6.07) is 7.65. The van der Waals surface area contributed by atoms with Crippen LogP contribution in [0.4, 0.5) is 0 Å². The Morgan fingerprint density at radius 3 is 2.67 bits per heavy atom. The van der Waals surface area contributed by atoms with Crippen molar-refractivity contribution in [2.75, 3.05) is 20.2 Å². The Labute approximate surface area is 160 Å². The minimum absolute atomic E-state index is 0.108. The Hall–Kier alpha value is -2.37. The Balaban J connectivity index is 1.60. The van der Waals surface area contributed by atoms with Crippen molar-refractivity contribution in [1.29, 1.82) is 0 Å². The number of ether oxygens (including phenoxy) is 1. The molecule has 0 spiro atoms. The average molecular weight is 371 g/mol. The maximum atomic E-state index is 12.7. The molecule has 3 rings (SSSR count). The highest BCUT2D eigenvalue weighted by atomic mass is 16.5. The van der Waals surface area contributed by atoms with Gasteiger partial charge in [-0.1, -0.05) is 32.9 Å². The van der Waals surface area contributed by atoms with Crippen molar-refractivity contribution in [1.82, 2.24) is 15.1 Å². The van der Waals surface area contributed by atoms with Crippen LogP contribution in [0, 0.1) is 5.41 Å². The van der Waals surface area contributed by atoms with Crippen LogP contribution in [0.3, 0.4) is 0 Å².